The van der Waals surface area contributed by atoms with Crippen molar-refractivity contribution in [2.45, 2.75) is 49.8 Å². The van der Waals surface area contributed by atoms with Crippen LogP contribution in [0.15, 0.2) is 29.2 Å². The first-order chi connectivity index (χ1) is 13.8. The Morgan fingerprint density at radius 2 is 1.52 bits per heavy atom. The predicted octanol–water partition coefficient (Wildman–Crippen LogP) is 2.26. The number of hydrogen-bond donors (Lipinski definition) is 3. The third-order valence-electron chi connectivity index (χ3n) is 6.86. The maximum Gasteiger partial charge on any atom is 0.243 e. The Balaban J connectivity index is 1.26. The highest BCUT2D eigenvalue weighted by atomic mass is 32.2. The summed E-state index contributed by atoms with van der Waals surface area (Å²) >= 11 is 0. The van der Waals surface area contributed by atoms with Crippen LogP contribution < -0.4 is 15.4 Å². The SMILES string of the molecule is CNS(=O)(=O)c1ccc(NC(=O)CNC(=O)CC23CC4CC(CC(C4)C2)C3)cc1. The normalized spacial score (nSPS) is 30.2. The molecule has 7 nitrogen and oxygen atoms in total. The molecule has 0 atom stereocenters. The van der Waals surface area contributed by atoms with Gasteiger partial charge in [0.2, 0.25) is 21.8 Å². The molecule has 0 aromatic heterocycles. The van der Waals surface area contributed by atoms with E-state index in [4.69, 9.17) is 0 Å². The van der Waals surface area contributed by atoms with E-state index in [-0.39, 0.29) is 28.7 Å². The molecule has 4 fully saturated rings. The van der Waals surface area contributed by atoms with Gasteiger partial charge in [-0.05, 0) is 93.0 Å². The van der Waals surface area contributed by atoms with Crippen molar-refractivity contribution in [1.82, 2.24) is 10.0 Å². The molecule has 0 unspecified atom stereocenters. The lowest BCUT2D eigenvalue weighted by Crippen LogP contribution is -2.48. The van der Waals surface area contributed by atoms with E-state index in [0.29, 0.717) is 12.1 Å². The molecule has 4 saturated carbocycles. The average Bonchev–Trinajstić information content (AvgIpc) is 2.65. The Kier molecular flexibility index (Phi) is 5.42. The molecule has 3 N–H and O–H groups in total. The summed E-state index contributed by atoms with van der Waals surface area (Å²) in [7, 11) is -2.16. The van der Waals surface area contributed by atoms with Gasteiger partial charge in [-0.1, -0.05) is 0 Å². The van der Waals surface area contributed by atoms with E-state index >= 15 is 0 Å². The molecule has 5 rings (SSSR count). The lowest BCUT2D eigenvalue weighted by Gasteiger charge is -2.56. The Hall–Kier alpha value is -1.93. The van der Waals surface area contributed by atoms with E-state index in [1.165, 1.54) is 69.8 Å². The van der Waals surface area contributed by atoms with Crippen LogP contribution in [0.3, 0.4) is 0 Å². The topological polar surface area (TPSA) is 104 Å². The molecule has 4 aliphatic carbocycles. The summed E-state index contributed by atoms with van der Waals surface area (Å²) in [4.78, 5) is 24.8. The van der Waals surface area contributed by atoms with Gasteiger partial charge in [0.15, 0.2) is 0 Å². The first-order valence-electron chi connectivity index (χ1n) is 10.4. The third kappa shape index (κ3) is 4.48. The molecule has 1 aromatic rings. The van der Waals surface area contributed by atoms with Crippen LogP contribution in [0.5, 0.6) is 0 Å². The highest BCUT2D eigenvalue weighted by molar-refractivity contribution is 7.89. The van der Waals surface area contributed by atoms with Crippen molar-refractivity contribution >= 4 is 27.5 Å². The molecule has 0 aliphatic heterocycles. The molecule has 1 aromatic carbocycles. The molecule has 8 heteroatoms. The molecule has 0 heterocycles. The minimum Gasteiger partial charge on any atom is -0.347 e. The summed E-state index contributed by atoms with van der Waals surface area (Å²) in [6.07, 6.45) is 8.06. The van der Waals surface area contributed by atoms with Crippen LogP contribution in [0.1, 0.15) is 44.9 Å². The summed E-state index contributed by atoms with van der Waals surface area (Å²) < 4.78 is 25.7. The van der Waals surface area contributed by atoms with Gasteiger partial charge in [0.25, 0.3) is 0 Å². The maximum absolute atomic E-state index is 12.5. The number of carbonyl (C=O) groups is 2. The molecule has 0 radical (unpaired) electrons. The van der Waals surface area contributed by atoms with Crippen LogP contribution in [0.2, 0.25) is 0 Å². The molecule has 158 valence electrons. The first kappa shape index (κ1) is 20.3. The second-order valence-corrected chi connectivity index (χ2v) is 11.0. The fourth-order valence-corrected chi connectivity index (χ4v) is 6.86. The highest BCUT2D eigenvalue weighted by Gasteiger charge is 2.51. The van der Waals surface area contributed by atoms with Gasteiger partial charge >= 0.3 is 0 Å². The van der Waals surface area contributed by atoms with Crippen molar-refractivity contribution in [3.05, 3.63) is 24.3 Å². The van der Waals surface area contributed by atoms with Gasteiger partial charge in [-0.25, -0.2) is 13.1 Å². The van der Waals surface area contributed by atoms with Gasteiger partial charge in [-0.3, -0.25) is 9.59 Å². The number of nitrogens with one attached hydrogen (secondary N) is 3. The molecule has 0 spiro atoms. The fourth-order valence-electron chi connectivity index (χ4n) is 6.13. The smallest absolute Gasteiger partial charge is 0.243 e. The lowest BCUT2D eigenvalue weighted by atomic mass is 9.49. The Labute approximate surface area is 172 Å². The molecule has 0 saturated heterocycles. The monoisotopic (exact) mass is 419 g/mol. The summed E-state index contributed by atoms with van der Waals surface area (Å²) in [6.45, 7) is -0.0816. The quantitative estimate of drug-likeness (QED) is 0.630. The summed E-state index contributed by atoms with van der Waals surface area (Å²) in [5.74, 6) is 2.02. The van der Waals surface area contributed by atoms with Crippen LogP contribution in [0.25, 0.3) is 0 Å². The van der Waals surface area contributed by atoms with Crippen LogP contribution in [-0.4, -0.2) is 33.8 Å². The zero-order valence-electron chi connectivity index (χ0n) is 16.7. The molecule has 4 aliphatic rings. The molecular weight excluding hydrogens is 390 g/mol. The lowest BCUT2D eigenvalue weighted by molar-refractivity contribution is -0.131. The zero-order valence-corrected chi connectivity index (χ0v) is 17.6. The van der Waals surface area contributed by atoms with Crippen molar-refractivity contribution in [3.63, 3.8) is 0 Å². The number of rotatable bonds is 7. The van der Waals surface area contributed by atoms with Gasteiger partial charge in [-0.15, -0.1) is 0 Å². The van der Waals surface area contributed by atoms with Gasteiger partial charge in [0.05, 0.1) is 11.4 Å². The molecule has 4 bridgehead atoms. The minimum absolute atomic E-state index is 0.0439. The van der Waals surface area contributed by atoms with Crippen LogP contribution >= 0.6 is 0 Å². The number of carbonyl (C=O) groups excluding carboxylic acids is 2. The van der Waals surface area contributed by atoms with E-state index in [0.717, 1.165) is 17.8 Å². The number of benzene rings is 1. The Bertz CT molecular complexity index is 860. The average molecular weight is 420 g/mol. The van der Waals surface area contributed by atoms with E-state index in [2.05, 4.69) is 15.4 Å². The van der Waals surface area contributed by atoms with Crippen molar-refractivity contribution in [2.75, 3.05) is 18.9 Å². The van der Waals surface area contributed by atoms with Gasteiger partial charge in [0, 0.05) is 12.1 Å². The Morgan fingerprint density at radius 1 is 0.966 bits per heavy atom. The third-order valence-corrected chi connectivity index (χ3v) is 8.29. The number of anilines is 1. The second kappa shape index (κ2) is 7.72. The van der Waals surface area contributed by atoms with Gasteiger partial charge < -0.3 is 10.6 Å². The number of hydrogen-bond acceptors (Lipinski definition) is 4. The van der Waals surface area contributed by atoms with E-state index in [1.54, 1.807) is 0 Å². The fraction of sp³-hybridized carbons (Fsp3) is 0.619. The first-order valence-corrected chi connectivity index (χ1v) is 11.9. The van der Waals surface area contributed by atoms with Crippen LogP contribution in [0.4, 0.5) is 5.69 Å². The minimum atomic E-state index is -3.51. The summed E-state index contributed by atoms with van der Waals surface area (Å²) in [6, 6.07) is 5.90. The van der Waals surface area contributed by atoms with Crippen molar-refractivity contribution in [3.8, 4) is 0 Å². The predicted molar refractivity (Wildman–Crippen MR) is 110 cm³/mol. The van der Waals surface area contributed by atoms with Crippen molar-refractivity contribution in [1.29, 1.82) is 0 Å². The molecular formula is C21H29N3O4S. The summed E-state index contributed by atoms with van der Waals surface area (Å²) in [5, 5.41) is 5.45. The van der Waals surface area contributed by atoms with Crippen molar-refractivity contribution in [2.24, 2.45) is 23.2 Å². The van der Waals surface area contributed by atoms with E-state index in [1.807, 2.05) is 0 Å². The summed E-state index contributed by atoms with van der Waals surface area (Å²) in [5.41, 5.74) is 0.643. The van der Waals surface area contributed by atoms with E-state index in [9.17, 15) is 18.0 Å². The van der Waals surface area contributed by atoms with Crippen molar-refractivity contribution < 1.29 is 18.0 Å². The second-order valence-electron chi connectivity index (χ2n) is 9.15. The molecule has 2 amide bonds. The Morgan fingerprint density at radius 3 is 2.03 bits per heavy atom. The number of sulfonamides is 1. The highest BCUT2D eigenvalue weighted by Crippen LogP contribution is 2.61. The van der Waals surface area contributed by atoms with Gasteiger partial charge in [0.1, 0.15) is 0 Å². The maximum atomic E-state index is 12.5. The zero-order chi connectivity index (χ0) is 20.6. The number of amides is 2. The largest absolute Gasteiger partial charge is 0.347 e. The molecule has 29 heavy (non-hydrogen) atoms. The van der Waals surface area contributed by atoms with E-state index < -0.39 is 10.0 Å². The van der Waals surface area contributed by atoms with Crippen LogP contribution in [-0.2, 0) is 19.6 Å². The standard InChI is InChI=1S/C21H29N3O4S/c1-22-29(27,28)18-4-2-17(3-5-18)24-20(26)13-23-19(25)12-21-9-14-6-15(10-21)8-16(7-14)11-21/h2-5,14-16,22H,6-13H2,1H3,(H,23,25)(H,24,26). The van der Waals surface area contributed by atoms with Crippen LogP contribution in [0, 0.1) is 23.2 Å². The van der Waals surface area contributed by atoms with Gasteiger partial charge in [-0.2, -0.15) is 0 Å².